The minimum Gasteiger partial charge on any atom is -0.466 e. The molecule has 2 saturated heterocycles. The van der Waals surface area contributed by atoms with Crippen molar-refractivity contribution in [2.75, 3.05) is 42.6 Å². The average molecular weight is 487 g/mol. The number of aromatic nitrogens is 1. The number of carbonyl (C=O) groups excluding carboxylic acids is 1. The van der Waals surface area contributed by atoms with Crippen LogP contribution in [0.5, 0.6) is 5.88 Å². The molecule has 0 saturated carbocycles. The molecular formula is C29H34N4O3. The molecule has 1 aromatic heterocycles. The van der Waals surface area contributed by atoms with E-state index < -0.39 is 0 Å². The van der Waals surface area contributed by atoms with Gasteiger partial charge in [-0.15, -0.1) is 0 Å². The van der Waals surface area contributed by atoms with Gasteiger partial charge >= 0.3 is 5.97 Å². The normalized spacial score (nSPS) is 20.9. The average Bonchev–Trinajstić information content (AvgIpc) is 3.23. The monoisotopic (exact) mass is 486 g/mol. The molecule has 0 spiro atoms. The van der Waals surface area contributed by atoms with Crippen LogP contribution in [0.25, 0.3) is 10.8 Å². The van der Waals surface area contributed by atoms with Crippen molar-refractivity contribution in [3.05, 3.63) is 59.3 Å². The molecule has 0 radical (unpaired) electrons. The second-order valence-corrected chi connectivity index (χ2v) is 10.2. The first-order valence-electron chi connectivity index (χ1n) is 13.1. The third-order valence-electron chi connectivity index (χ3n) is 7.77. The van der Waals surface area contributed by atoms with Crippen LogP contribution in [0.4, 0.5) is 11.4 Å². The number of esters is 1. The van der Waals surface area contributed by atoms with E-state index in [9.17, 15) is 4.79 Å². The summed E-state index contributed by atoms with van der Waals surface area (Å²) in [5.41, 5.74) is 6.09. The zero-order valence-corrected chi connectivity index (χ0v) is 21.1. The maximum Gasteiger partial charge on any atom is 0.344 e. The number of carbonyl (C=O) groups is 1. The standard InChI is InChI=1S/C29H34N4O3/c1-3-35-28(34)18-36-27-14-26(33-15-21-10-11-22(16-33)30-21)23-12-13-32(17-24(23)31-27)25-9-5-8-20-7-4-6-19(2)29(20)25/h4-9,14,21-22,30H,3,10-13,15-18H2,1-2H3. The number of benzene rings is 2. The highest BCUT2D eigenvalue weighted by Gasteiger charge is 2.34. The Hall–Kier alpha value is -3.32. The number of aryl methyl sites for hydroxylation is 1. The molecule has 6 rings (SSSR count). The van der Waals surface area contributed by atoms with E-state index in [0.29, 0.717) is 31.1 Å². The van der Waals surface area contributed by atoms with Gasteiger partial charge in [0.1, 0.15) is 0 Å². The van der Waals surface area contributed by atoms with E-state index >= 15 is 0 Å². The topological polar surface area (TPSA) is 66.9 Å². The molecule has 2 fully saturated rings. The van der Waals surface area contributed by atoms with Crippen molar-refractivity contribution in [1.29, 1.82) is 0 Å². The second kappa shape index (κ2) is 9.62. The van der Waals surface area contributed by atoms with Crippen molar-refractivity contribution in [2.45, 2.75) is 51.7 Å². The highest BCUT2D eigenvalue weighted by atomic mass is 16.6. The maximum absolute atomic E-state index is 12.0. The van der Waals surface area contributed by atoms with Crippen LogP contribution in [-0.4, -0.2) is 55.9 Å². The summed E-state index contributed by atoms with van der Waals surface area (Å²) in [5.74, 6) is 0.130. The first-order valence-corrected chi connectivity index (χ1v) is 13.1. The Morgan fingerprint density at radius 1 is 1.08 bits per heavy atom. The van der Waals surface area contributed by atoms with Crippen molar-refractivity contribution in [2.24, 2.45) is 0 Å². The Morgan fingerprint density at radius 3 is 2.64 bits per heavy atom. The molecular weight excluding hydrogens is 452 g/mol. The Kier molecular flexibility index (Phi) is 6.17. The van der Waals surface area contributed by atoms with Crippen LogP contribution in [0.2, 0.25) is 0 Å². The maximum atomic E-state index is 12.0. The Morgan fingerprint density at radius 2 is 1.86 bits per heavy atom. The lowest BCUT2D eigenvalue weighted by Crippen LogP contribution is -2.51. The summed E-state index contributed by atoms with van der Waals surface area (Å²) in [6.45, 7) is 7.84. The predicted octanol–water partition coefficient (Wildman–Crippen LogP) is 3.99. The fourth-order valence-corrected chi connectivity index (χ4v) is 6.15. The minimum absolute atomic E-state index is 0.127. The molecule has 36 heavy (non-hydrogen) atoms. The van der Waals surface area contributed by atoms with Gasteiger partial charge in [0.25, 0.3) is 0 Å². The first kappa shape index (κ1) is 23.1. The molecule has 2 bridgehead atoms. The van der Waals surface area contributed by atoms with Crippen LogP contribution in [0.1, 0.15) is 36.6 Å². The molecule has 0 amide bonds. The van der Waals surface area contributed by atoms with Crippen LogP contribution in [0.3, 0.4) is 0 Å². The number of nitrogens with zero attached hydrogens (tertiary/aromatic N) is 3. The number of hydrogen-bond acceptors (Lipinski definition) is 7. The molecule has 3 aliphatic heterocycles. The van der Waals surface area contributed by atoms with Gasteiger partial charge in [-0.05, 0) is 50.1 Å². The highest BCUT2D eigenvalue weighted by molar-refractivity contribution is 5.97. The van der Waals surface area contributed by atoms with Crippen LogP contribution < -0.4 is 19.9 Å². The number of hydrogen-bond donors (Lipinski definition) is 1. The summed E-state index contributed by atoms with van der Waals surface area (Å²) in [6, 6.07) is 16.1. The van der Waals surface area contributed by atoms with E-state index in [1.807, 2.05) is 6.07 Å². The fraction of sp³-hybridized carbons (Fsp3) is 0.448. The van der Waals surface area contributed by atoms with E-state index in [1.165, 1.54) is 46.1 Å². The molecule has 2 atom stereocenters. The van der Waals surface area contributed by atoms with Crippen molar-refractivity contribution in [3.8, 4) is 5.88 Å². The zero-order chi connectivity index (χ0) is 24.6. The zero-order valence-electron chi connectivity index (χ0n) is 21.1. The number of nitrogens with one attached hydrogen (secondary N) is 1. The smallest absolute Gasteiger partial charge is 0.344 e. The van der Waals surface area contributed by atoms with E-state index in [-0.39, 0.29) is 12.6 Å². The molecule has 3 aliphatic rings. The van der Waals surface area contributed by atoms with Crippen LogP contribution in [0.15, 0.2) is 42.5 Å². The molecule has 7 heteroatoms. The summed E-state index contributed by atoms with van der Waals surface area (Å²) in [5, 5.41) is 6.29. The molecule has 3 aromatic rings. The van der Waals surface area contributed by atoms with E-state index in [2.05, 4.69) is 58.4 Å². The third-order valence-corrected chi connectivity index (χ3v) is 7.77. The van der Waals surface area contributed by atoms with E-state index in [4.69, 9.17) is 14.5 Å². The van der Waals surface area contributed by atoms with Gasteiger partial charge in [0.2, 0.25) is 5.88 Å². The quantitative estimate of drug-likeness (QED) is 0.529. The van der Waals surface area contributed by atoms with Crippen molar-refractivity contribution >= 4 is 28.1 Å². The predicted molar refractivity (Wildman–Crippen MR) is 142 cm³/mol. The number of fused-ring (bicyclic) bond motifs is 4. The van der Waals surface area contributed by atoms with E-state index in [0.717, 1.165) is 31.7 Å². The van der Waals surface area contributed by atoms with Crippen LogP contribution >= 0.6 is 0 Å². The van der Waals surface area contributed by atoms with Gasteiger partial charge < -0.3 is 24.6 Å². The number of piperazine rings is 1. The van der Waals surface area contributed by atoms with E-state index in [1.54, 1.807) is 6.92 Å². The summed E-state index contributed by atoms with van der Waals surface area (Å²) in [4.78, 5) is 21.8. The van der Waals surface area contributed by atoms with Gasteiger partial charge in [0, 0.05) is 60.1 Å². The second-order valence-electron chi connectivity index (χ2n) is 10.2. The molecule has 4 heterocycles. The van der Waals surface area contributed by atoms with Crippen molar-refractivity contribution in [1.82, 2.24) is 10.3 Å². The minimum atomic E-state index is -0.369. The molecule has 1 N–H and O–H groups in total. The van der Waals surface area contributed by atoms with Gasteiger partial charge in [-0.25, -0.2) is 9.78 Å². The summed E-state index contributed by atoms with van der Waals surface area (Å²) >= 11 is 0. The molecule has 2 unspecified atom stereocenters. The number of pyridine rings is 1. The van der Waals surface area contributed by atoms with Crippen LogP contribution in [-0.2, 0) is 22.5 Å². The third kappa shape index (κ3) is 4.37. The lowest BCUT2D eigenvalue weighted by atomic mass is 9.98. The summed E-state index contributed by atoms with van der Waals surface area (Å²) in [7, 11) is 0. The van der Waals surface area contributed by atoms with Gasteiger partial charge in [-0.1, -0.05) is 30.3 Å². The summed E-state index contributed by atoms with van der Waals surface area (Å²) < 4.78 is 10.9. The van der Waals surface area contributed by atoms with Gasteiger partial charge in [-0.3, -0.25) is 0 Å². The fourth-order valence-electron chi connectivity index (χ4n) is 6.15. The Balaban J connectivity index is 1.35. The molecule has 7 nitrogen and oxygen atoms in total. The SMILES string of the molecule is CCOC(=O)COc1cc(N2CC3CCC(C2)N3)c2c(n1)CN(c1cccc3cccc(C)c13)CC2. The van der Waals surface area contributed by atoms with Crippen molar-refractivity contribution < 1.29 is 14.3 Å². The Labute approximate surface area is 212 Å². The van der Waals surface area contributed by atoms with Gasteiger partial charge in [0.15, 0.2) is 6.61 Å². The first-order chi connectivity index (χ1) is 17.6. The van der Waals surface area contributed by atoms with Crippen molar-refractivity contribution in [3.63, 3.8) is 0 Å². The molecule has 188 valence electrons. The lowest BCUT2D eigenvalue weighted by Gasteiger charge is -2.38. The molecule has 2 aromatic carbocycles. The highest BCUT2D eigenvalue weighted by Crippen LogP contribution is 2.37. The van der Waals surface area contributed by atoms with Crippen LogP contribution in [0, 0.1) is 6.92 Å². The largest absolute Gasteiger partial charge is 0.466 e. The lowest BCUT2D eigenvalue weighted by molar-refractivity contribution is -0.145. The Bertz CT molecular complexity index is 1280. The molecule has 0 aliphatic carbocycles. The van der Waals surface area contributed by atoms with Gasteiger partial charge in [0.05, 0.1) is 18.8 Å². The van der Waals surface area contributed by atoms with Gasteiger partial charge in [-0.2, -0.15) is 0 Å². The number of anilines is 2. The number of rotatable bonds is 6. The number of ether oxygens (including phenoxy) is 2. The summed E-state index contributed by atoms with van der Waals surface area (Å²) in [6.07, 6.45) is 3.39.